The van der Waals surface area contributed by atoms with Crippen LogP contribution in [0.5, 0.6) is 5.75 Å². The van der Waals surface area contributed by atoms with Gasteiger partial charge >= 0.3 is 6.03 Å². The first-order valence-electron chi connectivity index (χ1n) is 12.8. The number of hydrogen-bond acceptors (Lipinski definition) is 6. The van der Waals surface area contributed by atoms with Crippen molar-refractivity contribution < 1.29 is 14.3 Å². The van der Waals surface area contributed by atoms with Crippen molar-refractivity contribution in [1.29, 1.82) is 0 Å². The Morgan fingerprint density at radius 3 is 2.75 bits per heavy atom. The van der Waals surface area contributed by atoms with Crippen LogP contribution in [0.15, 0.2) is 46.3 Å². The number of methoxy groups -OCH3 is 1. The van der Waals surface area contributed by atoms with Gasteiger partial charge in [-0.1, -0.05) is 19.4 Å². The number of ether oxygens (including phenoxy) is 1. The predicted molar refractivity (Wildman–Crippen MR) is 141 cm³/mol. The maximum atomic E-state index is 13.2. The van der Waals surface area contributed by atoms with E-state index in [-0.39, 0.29) is 11.9 Å². The fourth-order valence-electron chi connectivity index (χ4n) is 4.64. The fraction of sp³-hybridized carbons (Fsp3) is 0.481. The summed E-state index contributed by atoms with van der Waals surface area (Å²) in [6, 6.07) is 3.90. The number of piperidine rings is 1. The van der Waals surface area contributed by atoms with Gasteiger partial charge in [-0.05, 0) is 67.5 Å². The summed E-state index contributed by atoms with van der Waals surface area (Å²) < 4.78 is 5.56. The van der Waals surface area contributed by atoms with Crippen LogP contribution in [0, 0.1) is 0 Å². The second kappa shape index (κ2) is 12.4. The Hall–Kier alpha value is -3.62. The number of carbonyl (C=O) groups is 2. The van der Waals surface area contributed by atoms with Crippen molar-refractivity contribution in [2.24, 2.45) is 10.2 Å². The molecule has 36 heavy (non-hydrogen) atoms. The third kappa shape index (κ3) is 6.33. The molecule has 1 saturated heterocycles. The van der Waals surface area contributed by atoms with Gasteiger partial charge in [0.2, 0.25) is 0 Å². The molecule has 0 aromatic heterocycles. The van der Waals surface area contributed by atoms with E-state index in [1.807, 2.05) is 40.2 Å². The molecule has 1 aromatic carbocycles. The highest BCUT2D eigenvalue weighted by atomic mass is 16.5. The lowest BCUT2D eigenvalue weighted by molar-refractivity contribution is 0.0937. The number of rotatable bonds is 7. The number of nitrogens with one attached hydrogen (secondary N) is 2. The minimum Gasteiger partial charge on any atom is -0.496 e. The lowest BCUT2D eigenvalue weighted by Gasteiger charge is -2.36. The van der Waals surface area contributed by atoms with Gasteiger partial charge in [0, 0.05) is 32.4 Å². The number of benzene rings is 1. The Morgan fingerprint density at radius 2 is 1.97 bits per heavy atom. The summed E-state index contributed by atoms with van der Waals surface area (Å²) in [5, 5.41) is 14.3. The molecule has 1 atom stereocenters. The van der Waals surface area contributed by atoms with Gasteiger partial charge in [-0.2, -0.15) is 10.2 Å². The standard InChI is InChI=1S/C27H36N6O3/c1-3-4-12-28-29-18-22-9-8-10-25(30-22)31-26(34)23-16-21-19-33(15-11-20(21)17-24(23)36-2)27(35)32-13-6-5-7-14-32/h8-10,12,16-18,25,30H,3-7,11,13-15,19H2,1-2H3,(H,31,34)/b28-12+,29-18+. The molecule has 192 valence electrons. The molecule has 2 N–H and O–H groups in total. The molecule has 3 aliphatic rings. The maximum absolute atomic E-state index is 13.2. The second-order valence-corrected chi connectivity index (χ2v) is 9.26. The Morgan fingerprint density at radius 1 is 1.14 bits per heavy atom. The predicted octanol–water partition coefficient (Wildman–Crippen LogP) is 3.62. The van der Waals surface area contributed by atoms with E-state index >= 15 is 0 Å². The smallest absolute Gasteiger partial charge is 0.320 e. The number of unbranched alkanes of at least 4 members (excludes halogenated alkanes) is 1. The lowest BCUT2D eigenvalue weighted by Crippen LogP contribution is -2.47. The molecule has 9 heteroatoms. The molecular weight excluding hydrogens is 456 g/mol. The molecule has 3 aliphatic heterocycles. The number of likely N-dealkylation sites (tertiary alicyclic amines) is 1. The summed E-state index contributed by atoms with van der Waals surface area (Å²) in [6.45, 7) is 4.91. The van der Waals surface area contributed by atoms with E-state index in [1.165, 1.54) is 6.42 Å². The number of fused-ring (bicyclic) bond motifs is 1. The van der Waals surface area contributed by atoms with E-state index in [0.717, 1.165) is 62.0 Å². The fourth-order valence-corrected chi connectivity index (χ4v) is 4.64. The molecule has 1 unspecified atom stereocenters. The second-order valence-electron chi connectivity index (χ2n) is 9.26. The monoisotopic (exact) mass is 492 g/mol. The zero-order valence-electron chi connectivity index (χ0n) is 21.2. The molecule has 1 aromatic rings. The Bertz CT molecular complexity index is 1070. The van der Waals surface area contributed by atoms with Gasteiger partial charge in [0.1, 0.15) is 11.9 Å². The average Bonchev–Trinajstić information content (AvgIpc) is 2.92. The highest BCUT2D eigenvalue weighted by molar-refractivity contribution is 5.97. The van der Waals surface area contributed by atoms with Crippen molar-refractivity contribution in [1.82, 2.24) is 20.4 Å². The third-order valence-electron chi connectivity index (χ3n) is 6.63. The quantitative estimate of drug-likeness (QED) is 0.449. The van der Waals surface area contributed by atoms with Crippen molar-refractivity contribution in [3.8, 4) is 5.75 Å². The molecule has 9 nitrogen and oxygen atoms in total. The Kier molecular flexibility index (Phi) is 8.76. The molecule has 0 aliphatic carbocycles. The summed E-state index contributed by atoms with van der Waals surface area (Å²) in [7, 11) is 1.57. The van der Waals surface area contributed by atoms with Gasteiger partial charge in [-0.3, -0.25) is 4.79 Å². The average molecular weight is 493 g/mol. The first kappa shape index (κ1) is 25.5. The van der Waals surface area contributed by atoms with Crippen LogP contribution in [0.1, 0.15) is 60.5 Å². The highest BCUT2D eigenvalue weighted by Crippen LogP contribution is 2.29. The summed E-state index contributed by atoms with van der Waals surface area (Å²) in [4.78, 5) is 30.1. The number of carbonyl (C=O) groups excluding carboxylic acids is 2. The molecule has 0 saturated carbocycles. The van der Waals surface area contributed by atoms with E-state index in [9.17, 15) is 9.59 Å². The lowest BCUT2D eigenvalue weighted by atomic mass is 9.96. The van der Waals surface area contributed by atoms with Crippen molar-refractivity contribution in [3.63, 3.8) is 0 Å². The van der Waals surface area contributed by atoms with Crippen molar-refractivity contribution in [2.75, 3.05) is 26.7 Å². The minimum absolute atomic E-state index is 0.0960. The number of allylic oxidation sites excluding steroid dienone is 3. The zero-order valence-corrected chi connectivity index (χ0v) is 21.2. The minimum atomic E-state index is -0.401. The summed E-state index contributed by atoms with van der Waals surface area (Å²) in [5.41, 5.74) is 3.31. The van der Waals surface area contributed by atoms with Crippen molar-refractivity contribution in [3.05, 3.63) is 52.7 Å². The number of urea groups is 1. The third-order valence-corrected chi connectivity index (χ3v) is 6.63. The largest absolute Gasteiger partial charge is 0.496 e. The van der Waals surface area contributed by atoms with Crippen LogP contribution in [-0.2, 0) is 13.0 Å². The number of amides is 3. The Labute approximate surface area is 213 Å². The van der Waals surface area contributed by atoms with E-state index in [4.69, 9.17) is 4.74 Å². The van der Waals surface area contributed by atoms with Crippen LogP contribution in [0.2, 0.25) is 0 Å². The van der Waals surface area contributed by atoms with Gasteiger partial charge < -0.3 is 25.2 Å². The number of dihydropyridines is 1. The van der Waals surface area contributed by atoms with Crippen LogP contribution >= 0.6 is 0 Å². The molecule has 4 rings (SSSR count). The summed E-state index contributed by atoms with van der Waals surface area (Å²) in [5.74, 6) is 0.278. The first-order chi connectivity index (χ1) is 17.6. The zero-order chi connectivity index (χ0) is 25.3. The van der Waals surface area contributed by atoms with Crippen LogP contribution in [-0.4, -0.2) is 67.1 Å². The maximum Gasteiger partial charge on any atom is 0.320 e. The van der Waals surface area contributed by atoms with Crippen LogP contribution in [0.4, 0.5) is 4.79 Å². The van der Waals surface area contributed by atoms with Gasteiger partial charge in [-0.15, -0.1) is 0 Å². The van der Waals surface area contributed by atoms with E-state index in [0.29, 0.717) is 24.4 Å². The normalized spacial score (nSPS) is 19.7. The molecule has 3 heterocycles. The molecule has 0 bridgehead atoms. The van der Waals surface area contributed by atoms with Gasteiger partial charge in [0.15, 0.2) is 0 Å². The number of nitrogens with zero attached hydrogens (tertiary/aromatic N) is 4. The summed E-state index contributed by atoms with van der Waals surface area (Å²) in [6.07, 6.45) is 14.6. The van der Waals surface area contributed by atoms with Gasteiger partial charge in [-0.25, -0.2) is 4.79 Å². The van der Waals surface area contributed by atoms with Crippen LogP contribution < -0.4 is 15.4 Å². The SMILES string of the molecule is CCC/C=N/N=C/C1=CC=CC(NC(=O)c2cc3c(cc2OC)CCN(C(=O)N2CCCCC2)C3)N1. The topological polar surface area (TPSA) is 98.6 Å². The molecule has 0 radical (unpaired) electrons. The molecular formula is C27H36N6O3. The van der Waals surface area contributed by atoms with Gasteiger partial charge in [0.05, 0.1) is 24.6 Å². The molecule has 0 spiro atoms. The van der Waals surface area contributed by atoms with Crippen molar-refractivity contribution >= 4 is 24.4 Å². The van der Waals surface area contributed by atoms with E-state index < -0.39 is 6.17 Å². The van der Waals surface area contributed by atoms with E-state index in [2.05, 4.69) is 27.8 Å². The highest BCUT2D eigenvalue weighted by Gasteiger charge is 2.28. The van der Waals surface area contributed by atoms with Gasteiger partial charge in [0.25, 0.3) is 5.91 Å². The first-order valence-corrected chi connectivity index (χ1v) is 12.8. The van der Waals surface area contributed by atoms with Crippen LogP contribution in [0.25, 0.3) is 0 Å². The molecule has 1 fully saturated rings. The Balaban J connectivity index is 1.42. The number of hydrogen-bond donors (Lipinski definition) is 2. The summed E-state index contributed by atoms with van der Waals surface area (Å²) >= 11 is 0. The van der Waals surface area contributed by atoms with Crippen LogP contribution in [0.3, 0.4) is 0 Å². The van der Waals surface area contributed by atoms with Crippen molar-refractivity contribution in [2.45, 2.75) is 58.2 Å². The molecule has 3 amide bonds. The van der Waals surface area contributed by atoms with E-state index in [1.54, 1.807) is 19.5 Å².